The van der Waals surface area contributed by atoms with E-state index in [1.54, 1.807) is 11.3 Å². The largest absolute Gasteiger partial charge is 0.345 e. The molecule has 0 aromatic carbocycles. The zero-order chi connectivity index (χ0) is 10.5. The van der Waals surface area contributed by atoms with Crippen LogP contribution in [0.3, 0.4) is 0 Å². The molecule has 0 radical (unpaired) electrons. The summed E-state index contributed by atoms with van der Waals surface area (Å²) in [6.07, 6.45) is 8.35. The van der Waals surface area contributed by atoms with Crippen LogP contribution in [0.25, 0.3) is 0 Å². The van der Waals surface area contributed by atoms with Crippen molar-refractivity contribution in [2.45, 2.75) is 38.1 Å². The van der Waals surface area contributed by atoms with Crippen molar-refractivity contribution in [3.8, 4) is 0 Å². The number of thiazole rings is 1. The van der Waals surface area contributed by atoms with Crippen molar-refractivity contribution in [1.82, 2.24) is 4.98 Å². The van der Waals surface area contributed by atoms with Crippen molar-refractivity contribution in [3.63, 3.8) is 0 Å². The maximum absolute atomic E-state index is 5.59. The Morgan fingerprint density at radius 2 is 2.27 bits per heavy atom. The van der Waals surface area contributed by atoms with Gasteiger partial charge in [-0.05, 0) is 25.8 Å². The van der Waals surface area contributed by atoms with Crippen LogP contribution in [-0.2, 0) is 0 Å². The molecule has 1 saturated carbocycles. The van der Waals surface area contributed by atoms with Crippen LogP contribution < -0.4 is 10.6 Å². The summed E-state index contributed by atoms with van der Waals surface area (Å²) in [6, 6.07) is 0.711. The molecule has 1 fully saturated rings. The van der Waals surface area contributed by atoms with Crippen molar-refractivity contribution in [1.29, 1.82) is 0 Å². The summed E-state index contributed by atoms with van der Waals surface area (Å²) >= 11 is 1.74. The molecule has 2 rings (SSSR count). The predicted molar refractivity (Wildman–Crippen MR) is 65.4 cm³/mol. The quantitative estimate of drug-likeness (QED) is 0.835. The smallest absolute Gasteiger partial charge is 0.185 e. The number of anilines is 1. The standard InChI is InChI=1S/C11H19N3S/c12-6-3-8-14(10-4-1-2-5-10)11-13-7-9-15-11/h7,9-10H,1-6,8,12H2. The highest BCUT2D eigenvalue weighted by Gasteiger charge is 2.23. The predicted octanol–water partition coefficient (Wildman–Crippen LogP) is 2.24. The molecule has 0 atom stereocenters. The van der Waals surface area contributed by atoms with E-state index in [9.17, 15) is 0 Å². The average molecular weight is 225 g/mol. The van der Waals surface area contributed by atoms with Crippen molar-refractivity contribution in [2.24, 2.45) is 5.73 Å². The Balaban J connectivity index is 2.01. The first kappa shape index (κ1) is 10.9. The first-order valence-corrected chi connectivity index (χ1v) is 6.66. The van der Waals surface area contributed by atoms with Crippen molar-refractivity contribution < 1.29 is 0 Å². The van der Waals surface area contributed by atoms with Gasteiger partial charge in [-0.3, -0.25) is 0 Å². The van der Waals surface area contributed by atoms with E-state index in [1.165, 1.54) is 30.8 Å². The molecule has 1 aromatic heterocycles. The first-order chi connectivity index (χ1) is 7.42. The molecule has 0 amide bonds. The fraction of sp³-hybridized carbons (Fsp3) is 0.727. The van der Waals surface area contributed by atoms with E-state index in [0.717, 1.165) is 19.5 Å². The van der Waals surface area contributed by atoms with Crippen LogP contribution in [0.2, 0.25) is 0 Å². The van der Waals surface area contributed by atoms with Crippen LogP contribution in [0.15, 0.2) is 11.6 Å². The Bertz CT molecular complexity index is 267. The molecule has 0 spiro atoms. The fourth-order valence-corrected chi connectivity index (χ4v) is 3.01. The highest BCUT2D eigenvalue weighted by molar-refractivity contribution is 7.13. The van der Waals surface area contributed by atoms with Crippen LogP contribution in [0, 0.1) is 0 Å². The molecule has 2 N–H and O–H groups in total. The number of nitrogens with zero attached hydrogens (tertiary/aromatic N) is 2. The van der Waals surface area contributed by atoms with Gasteiger partial charge < -0.3 is 10.6 Å². The minimum atomic E-state index is 0.711. The van der Waals surface area contributed by atoms with E-state index >= 15 is 0 Å². The van der Waals surface area contributed by atoms with Crippen LogP contribution >= 0.6 is 11.3 Å². The van der Waals surface area contributed by atoms with Gasteiger partial charge in [0, 0.05) is 24.2 Å². The minimum absolute atomic E-state index is 0.711. The van der Waals surface area contributed by atoms with Crippen LogP contribution in [0.5, 0.6) is 0 Å². The molecule has 1 heterocycles. The lowest BCUT2D eigenvalue weighted by molar-refractivity contribution is 0.592. The lowest BCUT2D eigenvalue weighted by Gasteiger charge is -2.28. The second kappa shape index (κ2) is 5.47. The normalized spacial score (nSPS) is 17.1. The van der Waals surface area contributed by atoms with Crippen LogP contribution in [0.1, 0.15) is 32.1 Å². The summed E-state index contributed by atoms with van der Waals surface area (Å²) in [7, 11) is 0. The second-order valence-electron chi connectivity index (χ2n) is 4.09. The van der Waals surface area contributed by atoms with Gasteiger partial charge in [0.2, 0.25) is 0 Å². The number of rotatable bonds is 5. The summed E-state index contributed by atoms with van der Waals surface area (Å²) in [5.41, 5.74) is 5.59. The molecule has 4 heteroatoms. The van der Waals surface area contributed by atoms with E-state index < -0.39 is 0 Å². The van der Waals surface area contributed by atoms with Gasteiger partial charge in [-0.1, -0.05) is 12.8 Å². The molecule has 1 aliphatic rings. The molecule has 0 aliphatic heterocycles. The highest BCUT2D eigenvalue weighted by atomic mass is 32.1. The van der Waals surface area contributed by atoms with Gasteiger partial charge in [0.05, 0.1) is 0 Å². The Kier molecular flexibility index (Phi) is 3.97. The van der Waals surface area contributed by atoms with Crippen LogP contribution in [0.4, 0.5) is 5.13 Å². The zero-order valence-electron chi connectivity index (χ0n) is 9.06. The molecule has 3 nitrogen and oxygen atoms in total. The van der Waals surface area contributed by atoms with Crippen molar-refractivity contribution >= 4 is 16.5 Å². The van der Waals surface area contributed by atoms with E-state index in [1.807, 2.05) is 6.20 Å². The summed E-state index contributed by atoms with van der Waals surface area (Å²) in [5.74, 6) is 0. The van der Waals surface area contributed by atoms with Gasteiger partial charge in [-0.2, -0.15) is 0 Å². The lowest BCUT2D eigenvalue weighted by Crippen LogP contribution is -2.34. The highest BCUT2D eigenvalue weighted by Crippen LogP contribution is 2.29. The topological polar surface area (TPSA) is 42.1 Å². The average Bonchev–Trinajstić information content (AvgIpc) is 2.90. The Morgan fingerprint density at radius 3 is 2.87 bits per heavy atom. The minimum Gasteiger partial charge on any atom is -0.345 e. The molecule has 15 heavy (non-hydrogen) atoms. The maximum Gasteiger partial charge on any atom is 0.185 e. The Labute approximate surface area is 95.3 Å². The van der Waals surface area contributed by atoms with Crippen molar-refractivity contribution in [2.75, 3.05) is 18.0 Å². The zero-order valence-corrected chi connectivity index (χ0v) is 9.88. The van der Waals surface area contributed by atoms with E-state index in [2.05, 4.69) is 15.3 Å². The van der Waals surface area contributed by atoms with Gasteiger partial charge in [0.15, 0.2) is 5.13 Å². The Morgan fingerprint density at radius 1 is 1.47 bits per heavy atom. The third-order valence-electron chi connectivity index (χ3n) is 3.03. The number of hydrogen-bond acceptors (Lipinski definition) is 4. The SMILES string of the molecule is NCCCN(c1nccs1)C1CCCC1. The third-order valence-corrected chi connectivity index (χ3v) is 3.84. The first-order valence-electron chi connectivity index (χ1n) is 5.78. The Hall–Kier alpha value is -0.610. The molecular formula is C11H19N3S. The van der Waals surface area contributed by atoms with Gasteiger partial charge in [0.1, 0.15) is 0 Å². The van der Waals surface area contributed by atoms with Gasteiger partial charge in [0.25, 0.3) is 0 Å². The monoisotopic (exact) mass is 225 g/mol. The summed E-state index contributed by atoms with van der Waals surface area (Å²) < 4.78 is 0. The molecule has 84 valence electrons. The number of aromatic nitrogens is 1. The third kappa shape index (κ3) is 2.69. The summed E-state index contributed by atoms with van der Waals surface area (Å²) in [5, 5.41) is 3.23. The maximum atomic E-state index is 5.59. The fourth-order valence-electron chi connectivity index (χ4n) is 2.27. The summed E-state index contributed by atoms with van der Waals surface area (Å²) in [6.45, 7) is 1.84. The molecule has 0 unspecified atom stereocenters. The number of hydrogen-bond donors (Lipinski definition) is 1. The molecule has 1 aromatic rings. The van der Waals surface area contributed by atoms with Gasteiger partial charge in [-0.15, -0.1) is 11.3 Å². The lowest BCUT2D eigenvalue weighted by atomic mass is 10.2. The molecule has 0 bridgehead atoms. The van der Waals surface area contributed by atoms with E-state index in [0.29, 0.717) is 6.04 Å². The molecular weight excluding hydrogens is 206 g/mol. The molecule has 1 aliphatic carbocycles. The molecule has 0 saturated heterocycles. The van der Waals surface area contributed by atoms with Crippen LogP contribution in [-0.4, -0.2) is 24.1 Å². The summed E-state index contributed by atoms with van der Waals surface area (Å²) in [4.78, 5) is 6.88. The van der Waals surface area contributed by atoms with Crippen molar-refractivity contribution in [3.05, 3.63) is 11.6 Å². The second-order valence-corrected chi connectivity index (χ2v) is 4.96. The van der Waals surface area contributed by atoms with E-state index in [-0.39, 0.29) is 0 Å². The van der Waals surface area contributed by atoms with Gasteiger partial charge >= 0.3 is 0 Å². The van der Waals surface area contributed by atoms with Gasteiger partial charge in [-0.25, -0.2) is 4.98 Å². The number of nitrogens with two attached hydrogens (primary N) is 1. The van der Waals surface area contributed by atoms with E-state index in [4.69, 9.17) is 5.73 Å².